The number of sulfone groups is 1. The smallest absolute Gasteiger partial charge is 0.175 e. The van der Waals surface area contributed by atoms with Crippen LogP contribution in [0.25, 0.3) is 0 Å². The molecule has 0 amide bonds. The lowest BCUT2D eigenvalue weighted by Gasteiger charge is -2.33. The van der Waals surface area contributed by atoms with Gasteiger partial charge in [-0.25, -0.2) is 8.42 Å². The van der Waals surface area contributed by atoms with E-state index in [4.69, 9.17) is 0 Å². The van der Waals surface area contributed by atoms with Gasteiger partial charge in [0.25, 0.3) is 0 Å². The lowest BCUT2D eigenvalue weighted by Crippen LogP contribution is -2.37. The van der Waals surface area contributed by atoms with E-state index in [2.05, 4.69) is 24.2 Å². The number of piperidine rings is 1. The van der Waals surface area contributed by atoms with Crippen LogP contribution in [0, 0.1) is 12.8 Å². The highest BCUT2D eigenvalue weighted by molar-refractivity contribution is 7.90. The first-order valence-electron chi connectivity index (χ1n) is 7.53. The maximum absolute atomic E-state index is 11.7. The molecule has 1 fully saturated rings. The van der Waals surface area contributed by atoms with E-state index < -0.39 is 9.84 Å². The van der Waals surface area contributed by atoms with Crippen molar-refractivity contribution in [1.82, 2.24) is 4.90 Å². The Balaban J connectivity index is 2.11. The summed E-state index contributed by atoms with van der Waals surface area (Å²) in [5.74, 6) is 0.641. The second-order valence-corrected chi connectivity index (χ2v) is 8.34. The summed E-state index contributed by atoms with van der Waals surface area (Å²) < 4.78 is 23.4. The number of aryl methyl sites for hydroxylation is 1. The third-order valence-corrected chi connectivity index (χ3v) is 5.60. The summed E-state index contributed by atoms with van der Waals surface area (Å²) in [7, 11) is -0.996. The number of benzene rings is 1. The molecule has 1 saturated heterocycles. The summed E-state index contributed by atoms with van der Waals surface area (Å²) >= 11 is 0. The molecular weight excluding hydrogens is 284 g/mol. The quantitative estimate of drug-likeness (QED) is 0.928. The first-order chi connectivity index (χ1) is 9.77. The third kappa shape index (κ3) is 4.20. The summed E-state index contributed by atoms with van der Waals surface area (Å²) in [6, 6.07) is 5.67. The highest BCUT2D eigenvalue weighted by Crippen LogP contribution is 2.26. The molecule has 4 nitrogen and oxygen atoms in total. The predicted octanol–water partition coefficient (Wildman–Crippen LogP) is 2.54. The highest BCUT2D eigenvalue weighted by atomic mass is 32.2. The molecule has 0 spiro atoms. The van der Waals surface area contributed by atoms with Crippen molar-refractivity contribution >= 4 is 15.5 Å². The van der Waals surface area contributed by atoms with Gasteiger partial charge in [-0.15, -0.1) is 0 Å². The zero-order chi connectivity index (χ0) is 15.6. The van der Waals surface area contributed by atoms with Crippen LogP contribution >= 0.6 is 0 Å². The average Bonchev–Trinajstić information content (AvgIpc) is 2.40. The van der Waals surface area contributed by atoms with E-state index in [0.29, 0.717) is 16.9 Å². The fourth-order valence-electron chi connectivity index (χ4n) is 2.88. The highest BCUT2D eigenvalue weighted by Gasteiger charge is 2.22. The van der Waals surface area contributed by atoms with E-state index in [1.54, 1.807) is 12.1 Å². The Morgan fingerprint density at radius 3 is 2.48 bits per heavy atom. The molecule has 0 aliphatic carbocycles. The summed E-state index contributed by atoms with van der Waals surface area (Å²) in [6.45, 7) is 6.48. The lowest BCUT2D eigenvalue weighted by atomic mass is 9.90. The van der Waals surface area contributed by atoms with Gasteiger partial charge >= 0.3 is 0 Å². The molecule has 2 rings (SSSR count). The van der Waals surface area contributed by atoms with Gasteiger partial charge in [-0.05, 0) is 70.4 Å². The van der Waals surface area contributed by atoms with Crippen LogP contribution in [0.4, 0.5) is 5.69 Å². The Hall–Kier alpha value is -1.07. The van der Waals surface area contributed by atoms with Gasteiger partial charge in [-0.1, -0.05) is 6.07 Å². The van der Waals surface area contributed by atoms with E-state index in [9.17, 15) is 8.42 Å². The minimum absolute atomic E-state index is 0.354. The molecule has 0 saturated carbocycles. The average molecular weight is 310 g/mol. The zero-order valence-electron chi connectivity index (χ0n) is 13.4. The normalized spacial score (nSPS) is 19.4. The van der Waals surface area contributed by atoms with Crippen molar-refractivity contribution in [1.29, 1.82) is 0 Å². The van der Waals surface area contributed by atoms with E-state index >= 15 is 0 Å². The van der Waals surface area contributed by atoms with Crippen molar-refractivity contribution in [2.75, 3.05) is 31.7 Å². The van der Waals surface area contributed by atoms with Crippen LogP contribution < -0.4 is 5.32 Å². The van der Waals surface area contributed by atoms with Crippen LogP contribution in [-0.2, 0) is 9.84 Å². The standard InChI is InChI=1S/C16H26N2O2S/c1-12-5-6-15(21(4,19)20)11-16(12)17-13(2)14-7-9-18(3)10-8-14/h5-6,11,13-14,17H,7-10H2,1-4H3. The Morgan fingerprint density at radius 2 is 1.90 bits per heavy atom. The van der Waals surface area contributed by atoms with Crippen molar-refractivity contribution in [3.8, 4) is 0 Å². The second-order valence-electron chi connectivity index (χ2n) is 6.32. The van der Waals surface area contributed by atoms with Gasteiger partial charge in [0.1, 0.15) is 0 Å². The SMILES string of the molecule is Cc1ccc(S(C)(=O)=O)cc1NC(C)C1CCN(C)CC1. The van der Waals surface area contributed by atoms with Crippen molar-refractivity contribution in [2.24, 2.45) is 5.92 Å². The summed E-state index contributed by atoms with van der Waals surface area (Å²) in [6.07, 6.45) is 3.63. The third-order valence-electron chi connectivity index (χ3n) is 4.49. The molecule has 1 aromatic carbocycles. The van der Waals surface area contributed by atoms with Gasteiger partial charge in [0, 0.05) is 18.0 Å². The topological polar surface area (TPSA) is 49.4 Å². The van der Waals surface area contributed by atoms with Gasteiger partial charge in [-0.3, -0.25) is 0 Å². The number of nitrogens with zero attached hydrogens (tertiary/aromatic N) is 1. The van der Waals surface area contributed by atoms with Crippen molar-refractivity contribution in [3.05, 3.63) is 23.8 Å². The predicted molar refractivity (Wildman–Crippen MR) is 87.6 cm³/mol. The Labute approximate surface area is 128 Å². The summed E-state index contributed by atoms with van der Waals surface area (Å²) in [5.41, 5.74) is 2.02. The summed E-state index contributed by atoms with van der Waals surface area (Å²) in [5, 5.41) is 3.52. The molecule has 0 aromatic heterocycles. The van der Waals surface area contributed by atoms with Crippen LogP contribution in [0.3, 0.4) is 0 Å². The molecule has 1 unspecified atom stereocenters. The van der Waals surface area contributed by atoms with Crippen molar-refractivity contribution < 1.29 is 8.42 Å². The molecule has 1 aliphatic rings. The van der Waals surface area contributed by atoms with Crippen LogP contribution in [0.15, 0.2) is 23.1 Å². The molecule has 1 aliphatic heterocycles. The minimum atomic E-state index is -3.16. The number of hydrogen-bond acceptors (Lipinski definition) is 4. The zero-order valence-corrected chi connectivity index (χ0v) is 14.2. The number of rotatable bonds is 4. The van der Waals surface area contributed by atoms with Gasteiger partial charge in [0.05, 0.1) is 4.90 Å². The molecule has 0 bridgehead atoms. The number of nitrogens with one attached hydrogen (secondary N) is 1. The monoisotopic (exact) mass is 310 g/mol. The van der Waals surface area contributed by atoms with E-state index in [1.165, 1.54) is 19.1 Å². The summed E-state index contributed by atoms with van der Waals surface area (Å²) in [4.78, 5) is 2.74. The fourth-order valence-corrected chi connectivity index (χ4v) is 3.53. The van der Waals surface area contributed by atoms with Gasteiger partial charge in [0.15, 0.2) is 9.84 Å². The second kappa shape index (κ2) is 6.36. The molecule has 0 radical (unpaired) electrons. The molecule has 1 atom stereocenters. The van der Waals surface area contributed by atoms with Crippen LogP contribution in [0.5, 0.6) is 0 Å². The maximum Gasteiger partial charge on any atom is 0.175 e. The van der Waals surface area contributed by atoms with Gasteiger partial charge in [-0.2, -0.15) is 0 Å². The maximum atomic E-state index is 11.7. The van der Waals surface area contributed by atoms with Crippen molar-refractivity contribution in [2.45, 2.75) is 37.6 Å². The molecule has 1 heterocycles. The van der Waals surface area contributed by atoms with E-state index in [1.807, 2.05) is 13.0 Å². The van der Waals surface area contributed by atoms with E-state index in [-0.39, 0.29) is 0 Å². The molecule has 5 heteroatoms. The molecular formula is C16H26N2O2S. The Bertz CT molecular complexity index is 590. The fraction of sp³-hybridized carbons (Fsp3) is 0.625. The molecule has 118 valence electrons. The first-order valence-corrected chi connectivity index (χ1v) is 9.42. The molecule has 21 heavy (non-hydrogen) atoms. The first kappa shape index (κ1) is 16.3. The van der Waals surface area contributed by atoms with E-state index in [0.717, 1.165) is 24.3 Å². The largest absolute Gasteiger partial charge is 0.382 e. The molecule has 1 N–H and O–H groups in total. The van der Waals surface area contributed by atoms with Crippen LogP contribution in [0.2, 0.25) is 0 Å². The van der Waals surface area contributed by atoms with Gasteiger partial charge in [0.2, 0.25) is 0 Å². The Morgan fingerprint density at radius 1 is 1.29 bits per heavy atom. The molecule has 1 aromatic rings. The Kier molecular flexibility index (Phi) is 4.94. The lowest BCUT2D eigenvalue weighted by molar-refractivity contribution is 0.208. The van der Waals surface area contributed by atoms with Crippen LogP contribution in [0.1, 0.15) is 25.3 Å². The minimum Gasteiger partial charge on any atom is -0.382 e. The van der Waals surface area contributed by atoms with Gasteiger partial charge < -0.3 is 10.2 Å². The van der Waals surface area contributed by atoms with Crippen molar-refractivity contribution in [3.63, 3.8) is 0 Å². The van der Waals surface area contributed by atoms with Crippen LogP contribution in [-0.4, -0.2) is 45.8 Å². The number of likely N-dealkylation sites (tertiary alicyclic amines) is 1. The number of hydrogen-bond donors (Lipinski definition) is 1. The number of anilines is 1.